The molecule has 1 heterocycles. The van der Waals surface area contributed by atoms with E-state index < -0.39 is 23.5 Å². The van der Waals surface area contributed by atoms with Gasteiger partial charge in [0, 0.05) is 12.0 Å². The predicted molar refractivity (Wildman–Crippen MR) is 102 cm³/mol. The Labute approximate surface area is 168 Å². The van der Waals surface area contributed by atoms with Crippen molar-refractivity contribution in [3.63, 3.8) is 0 Å². The first-order valence-electron chi connectivity index (χ1n) is 9.16. The zero-order valence-corrected chi connectivity index (χ0v) is 16.2. The molecule has 0 amide bonds. The molecule has 0 saturated carbocycles. The number of hydrogen-bond donors (Lipinski definition) is 1. The van der Waals surface area contributed by atoms with Crippen LogP contribution >= 0.6 is 0 Å². The average Bonchev–Trinajstić information content (AvgIpc) is 2.91. The van der Waals surface area contributed by atoms with Gasteiger partial charge in [-0.25, -0.2) is 0 Å². The fraction of sp³-hybridized carbons (Fsp3) is 0.409. The van der Waals surface area contributed by atoms with Crippen molar-refractivity contribution >= 4 is 5.97 Å². The highest BCUT2D eigenvalue weighted by molar-refractivity contribution is 5.66. The van der Waals surface area contributed by atoms with Crippen LogP contribution in [-0.4, -0.2) is 29.1 Å². The predicted octanol–water partition coefficient (Wildman–Crippen LogP) is 4.94. The summed E-state index contributed by atoms with van der Waals surface area (Å²) in [5, 5.41) is 8.75. The largest absolute Gasteiger partial charge is 0.481 e. The van der Waals surface area contributed by atoms with Crippen molar-refractivity contribution in [1.82, 2.24) is 0 Å². The maximum Gasteiger partial charge on any atom is 0.416 e. The van der Waals surface area contributed by atoms with Gasteiger partial charge in [-0.05, 0) is 57.0 Å². The Morgan fingerprint density at radius 3 is 2.52 bits per heavy atom. The molecule has 7 heteroatoms. The van der Waals surface area contributed by atoms with Gasteiger partial charge in [0.25, 0.3) is 0 Å². The minimum Gasteiger partial charge on any atom is -0.481 e. The molecule has 1 aromatic rings. The molecular formula is C22H23F3O4. The van der Waals surface area contributed by atoms with Crippen molar-refractivity contribution in [3.05, 3.63) is 59.7 Å². The van der Waals surface area contributed by atoms with Crippen LogP contribution in [0.15, 0.2) is 48.6 Å². The lowest BCUT2D eigenvalue weighted by Gasteiger charge is -2.16. The van der Waals surface area contributed by atoms with E-state index in [-0.39, 0.29) is 18.6 Å². The summed E-state index contributed by atoms with van der Waals surface area (Å²) in [6.07, 6.45) is 3.10. The molecule has 156 valence electrons. The van der Waals surface area contributed by atoms with Gasteiger partial charge in [0.2, 0.25) is 0 Å². The van der Waals surface area contributed by atoms with Crippen molar-refractivity contribution in [3.8, 4) is 11.8 Å². The molecule has 1 N–H and O–H groups in total. The van der Waals surface area contributed by atoms with Crippen LogP contribution in [0.5, 0.6) is 0 Å². The van der Waals surface area contributed by atoms with Gasteiger partial charge in [0.15, 0.2) is 5.79 Å². The Bertz CT molecular complexity index is 811. The summed E-state index contributed by atoms with van der Waals surface area (Å²) in [6.45, 7) is 3.60. The maximum absolute atomic E-state index is 12.5. The zero-order valence-electron chi connectivity index (χ0n) is 16.2. The first-order valence-corrected chi connectivity index (χ1v) is 9.16. The molecule has 1 fully saturated rings. The second-order valence-corrected chi connectivity index (χ2v) is 7.01. The quantitative estimate of drug-likeness (QED) is 0.535. The Hall–Kier alpha value is -2.56. The molecule has 1 aliphatic rings. The van der Waals surface area contributed by atoms with Crippen LogP contribution in [0.1, 0.15) is 44.2 Å². The van der Waals surface area contributed by atoms with E-state index in [4.69, 9.17) is 14.6 Å². The first-order chi connectivity index (χ1) is 13.6. The van der Waals surface area contributed by atoms with E-state index in [1.165, 1.54) is 12.1 Å². The standard InChI is InChI=1S/C22H23F3O4/c1-21(2)28-18(19(29-21)10-7-11-20(26)27)9-6-4-3-5-8-16-12-14-17(15-13-16)22(23,24)25/h3-4,6,9,12-15,18-19H,7,10-11H2,1-2H3,(H,26,27)/b4-3+,9-6+/t18-,19+/m1/s1. The summed E-state index contributed by atoms with van der Waals surface area (Å²) in [5.41, 5.74) is -0.222. The number of allylic oxidation sites excluding steroid dienone is 3. The number of carboxylic acids is 1. The summed E-state index contributed by atoms with van der Waals surface area (Å²) in [4.78, 5) is 10.7. The second-order valence-electron chi connectivity index (χ2n) is 7.01. The van der Waals surface area contributed by atoms with Gasteiger partial charge in [-0.1, -0.05) is 30.1 Å². The highest BCUT2D eigenvalue weighted by Gasteiger charge is 2.39. The molecule has 2 atom stereocenters. The second kappa shape index (κ2) is 9.77. The number of carboxylic acid groups (broad SMARTS) is 1. The third kappa shape index (κ3) is 7.76. The van der Waals surface area contributed by atoms with Gasteiger partial charge in [0.1, 0.15) is 6.10 Å². The van der Waals surface area contributed by atoms with Gasteiger partial charge >= 0.3 is 12.1 Å². The molecular weight excluding hydrogens is 385 g/mol. The minimum atomic E-state index is -4.36. The van der Waals surface area contributed by atoms with Crippen LogP contribution in [0.3, 0.4) is 0 Å². The van der Waals surface area contributed by atoms with Crippen molar-refractivity contribution in [2.24, 2.45) is 0 Å². The molecule has 29 heavy (non-hydrogen) atoms. The summed E-state index contributed by atoms with van der Waals surface area (Å²) >= 11 is 0. The van der Waals surface area contributed by atoms with Crippen molar-refractivity contribution in [1.29, 1.82) is 0 Å². The van der Waals surface area contributed by atoms with Crippen LogP contribution in [0.2, 0.25) is 0 Å². The van der Waals surface area contributed by atoms with Gasteiger partial charge in [-0.3, -0.25) is 4.79 Å². The molecule has 0 aromatic heterocycles. The summed E-state index contributed by atoms with van der Waals surface area (Å²) in [6, 6.07) is 4.65. The lowest BCUT2D eigenvalue weighted by Crippen LogP contribution is -2.21. The third-order valence-corrected chi connectivity index (χ3v) is 4.12. The van der Waals surface area contributed by atoms with Gasteiger partial charge in [-0.2, -0.15) is 13.2 Å². The fourth-order valence-corrected chi connectivity index (χ4v) is 2.85. The lowest BCUT2D eigenvalue weighted by atomic mass is 10.1. The molecule has 0 aliphatic carbocycles. The Kier molecular flexibility index (Phi) is 7.66. The van der Waals surface area contributed by atoms with Crippen LogP contribution < -0.4 is 0 Å². The van der Waals surface area contributed by atoms with Crippen molar-refractivity contribution in [2.75, 3.05) is 0 Å². The van der Waals surface area contributed by atoms with E-state index in [0.717, 1.165) is 12.1 Å². The number of rotatable bonds is 6. The highest BCUT2D eigenvalue weighted by atomic mass is 19.4. The number of carbonyl (C=O) groups is 1. The zero-order chi connectivity index (χ0) is 21.5. The number of aliphatic carboxylic acids is 1. The van der Waals surface area contributed by atoms with E-state index in [0.29, 0.717) is 18.4 Å². The van der Waals surface area contributed by atoms with Crippen LogP contribution in [0.4, 0.5) is 13.2 Å². The molecule has 1 aliphatic heterocycles. The van der Waals surface area contributed by atoms with Crippen LogP contribution in [0, 0.1) is 11.8 Å². The van der Waals surface area contributed by atoms with Gasteiger partial charge < -0.3 is 14.6 Å². The summed E-state index contributed by atoms with van der Waals surface area (Å²) < 4.78 is 49.2. The number of ether oxygens (including phenoxy) is 2. The Morgan fingerprint density at radius 2 is 1.90 bits per heavy atom. The number of benzene rings is 1. The van der Waals surface area contributed by atoms with Gasteiger partial charge in [-0.15, -0.1) is 0 Å². The Balaban J connectivity index is 1.90. The smallest absolute Gasteiger partial charge is 0.416 e. The number of alkyl halides is 3. The first kappa shape index (κ1) is 22.7. The molecule has 0 unspecified atom stereocenters. The van der Waals surface area contributed by atoms with Crippen molar-refractivity contribution < 1.29 is 32.5 Å². The van der Waals surface area contributed by atoms with Gasteiger partial charge in [0.05, 0.1) is 11.7 Å². The summed E-state index contributed by atoms with van der Waals surface area (Å²) in [5.74, 6) is 3.94. The average molecular weight is 408 g/mol. The minimum absolute atomic E-state index is 0.0795. The normalized spacial score (nSPS) is 21.4. The lowest BCUT2D eigenvalue weighted by molar-refractivity contribution is -0.144. The number of hydrogen-bond acceptors (Lipinski definition) is 3. The monoisotopic (exact) mass is 408 g/mol. The van der Waals surface area contributed by atoms with E-state index in [1.807, 2.05) is 6.08 Å². The van der Waals surface area contributed by atoms with E-state index >= 15 is 0 Å². The van der Waals surface area contributed by atoms with E-state index in [1.54, 1.807) is 32.1 Å². The highest BCUT2D eigenvalue weighted by Crippen LogP contribution is 2.31. The fourth-order valence-electron chi connectivity index (χ4n) is 2.85. The third-order valence-electron chi connectivity index (χ3n) is 4.12. The van der Waals surface area contributed by atoms with E-state index in [2.05, 4.69) is 11.8 Å². The SMILES string of the molecule is CC1(C)O[C@@H](CCCC(=O)O)[C@@H](/C=C/C=C/C#Cc2ccc(C(F)(F)F)cc2)O1. The molecule has 0 bridgehead atoms. The molecule has 4 nitrogen and oxygen atoms in total. The van der Waals surface area contributed by atoms with Crippen molar-refractivity contribution in [2.45, 2.75) is 57.3 Å². The summed E-state index contributed by atoms with van der Waals surface area (Å²) in [7, 11) is 0. The van der Waals surface area contributed by atoms with Crippen LogP contribution in [-0.2, 0) is 20.4 Å². The number of halogens is 3. The molecule has 1 aromatic carbocycles. The molecule has 2 rings (SSSR count). The molecule has 1 saturated heterocycles. The molecule has 0 spiro atoms. The Morgan fingerprint density at radius 1 is 1.21 bits per heavy atom. The molecule has 0 radical (unpaired) electrons. The topological polar surface area (TPSA) is 55.8 Å². The van der Waals surface area contributed by atoms with Crippen LogP contribution in [0.25, 0.3) is 0 Å². The van der Waals surface area contributed by atoms with E-state index in [9.17, 15) is 18.0 Å². The maximum atomic E-state index is 12.5.